The van der Waals surface area contributed by atoms with Crippen LogP contribution >= 0.6 is 11.6 Å². The average Bonchev–Trinajstić information content (AvgIpc) is 3.34. The molecule has 1 aliphatic heterocycles. The van der Waals surface area contributed by atoms with E-state index in [2.05, 4.69) is 10.6 Å². The van der Waals surface area contributed by atoms with E-state index in [0.717, 1.165) is 17.7 Å². The van der Waals surface area contributed by atoms with Crippen LogP contribution in [0.25, 0.3) is 0 Å². The fraction of sp³-hybridized carbons (Fsp3) is 0.375. The average molecular weight is 347 g/mol. The molecule has 1 saturated carbocycles. The number of rotatable bonds is 4. The maximum absolute atomic E-state index is 12.5. The highest BCUT2D eigenvalue weighted by atomic mass is 35.5. The molecule has 0 bridgehead atoms. The van der Waals surface area contributed by atoms with Crippen LogP contribution in [-0.2, 0) is 9.59 Å². The fourth-order valence-electron chi connectivity index (χ4n) is 2.82. The van der Waals surface area contributed by atoms with Crippen molar-refractivity contribution in [1.29, 1.82) is 5.26 Å². The summed E-state index contributed by atoms with van der Waals surface area (Å²) in [6.45, 7) is 1.33. The van der Waals surface area contributed by atoms with E-state index in [0.29, 0.717) is 11.3 Å². The maximum atomic E-state index is 12.5. The van der Waals surface area contributed by atoms with Crippen LogP contribution in [0.5, 0.6) is 0 Å². The van der Waals surface area contributed by atoms with Gasteiger partial charge in [-0.05, 0) is 43.9 Å². The maximum Gasteiger partial charge on any atom is 0.325 e. The molecule has 0 spiro atoms. The lowest BCUT2D eigenvalue weighted by Crippen LogP contribution is -2.46. The third-order valence-corrected chi connectivity index (χ3v) is 4.68. The van der Waals surface area contributed by atoms with E-state index in [9.17, 15) is 14.4 Å². The highest BCUT2D eigenvalue weighted by molar-refractivity contribution is 6.32. The summed E-state index contributed by atoms with van der Waals surface area (Å²) in [7, 11) is 0. The minimum atomic E-state index is -0.908. The van der Waals surface area contributed by atoms with Gasteiger partial charge in [-0.25, -0.2) is 4.79 Å². The normalized spacial score (nSPS) is 23.0. The molecule has 1 aromatic carbocycles. The molecule has 1 heterocycles. The zero-order chi connectivity index (χ0) is 17.5. The lowest BCUT2D eigenvalue weighted by atomic mass is 9.96. The standard InChI is InChI=1S/C16H15ClN4O3/c1-16(10-3-4-10)14(23)21(15(24)20-16)8-13(22)19-11-5-2-9(7-18)12(17)6-11/h2,5-6,10H,3-4,8H2,1H3,(H,19,22)(H,20,24). The van der Waals surface area contributed by atoms with Gasteiger partial charge in [0.05, 0.1) is 10.6 Å². The lowest BCUT2D eigenvalue weighted by Gasteiger charge is -2.20. The number of nitriles is 1. The van der Waals surface area contributed by atoms with Crippen LogP contribution in [0.4, 0.5) is 10.5 Å². The molecule has 124 valence electrons. The first-order chi connectivity index (χ1) is 11.3. The molecule has 2 N–H and O–H groups in total. The van der Waals surface area contributed by atoms with Crippen molar-refractivity contribution in [2.45, 2.75) is 25.3 Å². The van der Waals surface area contributed by atoms with Crippen LogP contribution in [-0.4, -0.2) is 34.8 Å². The summed E-state index contributed by atoms with van der Waals surface area (Å²) < 4.78 is 0. The third kappa shape index (κ3) is 2.81. The summed E-state index contributed by atoms with van der Waals surface area (Å²) in [6, 6.07) is 5.82. The van der Waals surface area contributed by atoms with Crippen molar-refractivity contribution in [1.82, 2.24) is 10.2 Å². The topological polar surface area (TPSA) is 102 Å². The largest absolute Gasteiger partial charge is 0.325 e. The summed E-state index contributed by atoms with van der Waals surface area (Å²) in [5, 5.41) is 14.3. The number of nitrogens with zero attached hydrogens (tertiary/aromatic N) is 2. The molecule has 1 unspecified atom stereocenters. The first-order valence-corrected chi connectivity index (χ1v) is 7.86. The molecule has 0 radical (unpaired) electrons. The van der Waals surface area contributed by atoms with Crippen molar-refractivity contribution in [3.05, 3.63) is 28.8 Å². The van der Waals surface area contributed by atoms with Gasteiger partial charge in [-0.15, -0.1) is 0 Å². The van der Waals surface area contributed by atoms with Gasteiger partial charge >= 0.3 is 6.03 Å². The molecular weight excluding hydrogens is 332 g/mol. The van der Waals surface area contributed by atoms with Gasteiger partial charge in [0.1, 0.15) is 18.2 Å². The predicted molar refractivity (Wildman–Crippen MR) is 86.2 cm³/mol. The Labute approximate surface area is 143 Å². The predicted octanol–water partition coefficient (Wildman–Crippen LogP) is 1.87. The van der Waals surface area contributed by atoms with Crippen molar-refractivity contribution in [2.75, 3.05) is 11.9 Å². The summed E-state index contributed by atoms with van der Waals surface area (Å²) in [6.07, 6.45) is 1.79. The minimum Gasteiger partial charge on any atom is -0.324 e. The number of carbonyl (C=O) groups is 3. The number of benzene rings is 1. The Kier molecular flexibility index (Phi) is 3.93. The second-order valence-electron chi connectivity index (χ2n) is 6.15. The van der Waals surface area contributed by atoms with Crippen LogP contribution in [0.2, 0.25) is 5.02 Å². The van der Waals surface area contributed by atoms with Crippen LogP contribution in [0.3, 0.4) is 0 Å². The molecule has 0 aromatic heterocycles. The molecular formula is C16H15ClN4O3. The van der Waals surface area contributed by atoms with E-state index in [1.165, 1.54) is 18.2 Å². The van der Waals surface area contributed by atoms with Gasteiger partial charge in [0.25, 0.3) is 5.91 Å². The molecule has 4 amide bonds. The summed E-state index contributed by atoms with van der Waals surface area (Å²) in [5.74, 6) is -0.748. The second kappa shape index (κ2) is 5.80. The fourth-order valence-corrected chi connectivity index (χ4v) is 3.05. The summed E-state index contributed by atoms with van der Waals surface area (Å²) in [4.78, 5) is 37.5. The van der Waals surface area contributed by atoms with Crippen LogP contribution in [0, 0.1) is 17.2 Å². The zero-order valence-electron chi connectivity index (χ0n) is 12.9. The lowest BCUT2D eigenvalue weighted by molar-refractivity contribution is -0.134. The number of anilines is 1. The molecule has 24 heavy (non-hydrogen) atoms. The first-order valence-electron chi connectivity index (χ1n) is 7.49. The monoisotopic (exact) mass is 346 g/mol. The number of hydrogen-bond donors (Lipinski definition) is 2. The van der Waals surface area contributed by atoms with E-state index < -0.39 is 17.5 Å². The van der Waals surface area contributed by atoms with Gasteiger partial charge in [-0.1, -0.05) is 11.6 Å². The molecule has 2 fully saturated rings. The van der Waals surface area contributed by atoms with E-state index in [1.54, 1.807) is 6.92 Å². The Bertz CT molecular complexity index is 784. The van der Waals surface area contributed by atoms with Crippen LogP contribution in [0.1, 0.15) is 25.3 Å². The Morgan fingerprint density at radius 2 is 2.21 bits per heavy atom. The van der Waals surface area contributed by atoms with E-state index in [-0.39, 0.29) is 23.4 Å². The van der Waals surface area contributed by atoms with Gasteiger partial charge in [-0.3, -0.25) is 14.5 Å². The van der Waals surface area contributed by atoms with Crippen molar-refractivity contribution < 1.29 is 14.4 Å². The Morgan fingerprint density at radius 3 is 2.79 bits per heavy atom. The van der Waals surface area contributed by atoms with Crippen molar-refractivity contribution >= 4 is 35.1 Å². The van der Waals surface area contributed by atoms with Gasteiger partial charge in [-0.2, -0.15) is 5.26 Å². The Hall–Kier alpha value is -2.59. The van der Waals surface area contributed by atoms with Crippen molar-refractivity contribution in [3.8, 4) is 6.07 Å². The quantitative estimate of drug-likeness (QED) is 0.812. The van der Waals surface area contributed by atoms with Gasteiger partial charge in [0, 0.05) is 5.69 Å². The molecule has 1 aromatic rings. The molecule has 3 rings (SSSR count). The summed E-state index contributed by atoms with van der Waals surface area (Å²) >= 11 is 5.91. The number of carbonyl (C=O) groups excluding carboxylic acids is 3. The van der Waals surface area contributed by atoms with Crippen molar-refractivity contribution in [2.24, 2.45) is 5.92 Å². The minimum absolute atomic E-state index is 0.138. The Morgan fingerprint density at radius 1 is 1.50 bits per heavy atom. The van der Waals surface area contributed by atoms with Gasteiger partial charge < -0.3 is 10.6 Å². The SMILES string of the molecule is CC1(C2CC2)NC(=O)N(CC(=O)Nc2ccc(C#N)c(Cl)c2)C1=O. The molecule has 1 saturated heterocycles. The Balaban J connectivity index is 1.67. The summed E-state index contributed by atoms with van der Waals surface area (Å²) in [5.41, 5.74) is -0.222. The molecule has 2 aliphatic rings. The first kappa shape index (κ1) is 16.3. The second-order valence-corrected chi connectivity index (χ2v) is 6.56. The van der Waals surface area contributed by atoms with Crippen LogP contribution < -0.4 is 10.6 Å². The molecule has 7 nitrogen and oxygen atoms in total. The molecule has 1 atom stereocenters. The highest BCUT2D eigenvalue weighted by Gasteiger charge is 2.56. The van der Waals surface area contributed by atoms with Crippen LogP contribution in [0.15, 0.2) is 18.2 Å². The van der Waals surface area contributed by atoms with E-state index in [1.807, 2.05) is 6.07 Å². The highest BCUT2D eigenvalue weighted by Crippen LogP contribution is 2.42. The number of nitrogens with one attached hydrogen (secondary N) is 2. The van der Waals surface area contributed by atoms with Crippen molar-refractivity contribution in [3.63, 3.8) is 0 Å². The smallest absolute Gasteiger partial charge is 0.324 e. The number of amides is 4. The molecule has 8 heteroatoms. The van der Waals surface area contributed by atoms with Gasteiger partial charge in [0.2, 0.25) is 5.91 Å². The molecule has 1 aliphatic carbocycles. The zero-order valence-corrected chi connectivity index (χ0v) is 13.7. The number of imide groups is 1. The van der Waals surface area contributed by atoms with E-state index in [4.69, 9.17) is 16.9 Å². The number of urea groups is 1. The van der Waals surface area contributed by atoms with Gasteiger partial charge in [0.15, 0.2) is 0 Å². The van der Waals surface area contributed by atoms with E-state index >= 15 is 0 Å². The number of hydrogen-bond acceptors (Lipinski definition) is 4. The third-order valence-electron chi connectivity index (χ3n) is 4.37. The number of halogens is 1.